The van der Waals surface area contributed by atoms with Crippen LogP contribution in [0.4, 0.5) is 0 Å². The number of para-hydroxylation sites is 2. The van der Waals surface area contributed by atoms with Gasteiger partial charge < -0.3 is 9.88 Å². The number of rotatable bonds is 7. The van der Waals surface area contributed by atoms with Crippen LogP contribution in [0.3, 0.4) is 0 Å². The predicted molar refractivity (Wildman–Crippen MR) is 115 cm³/mol. The van der Waals surface area contributed by atoms with E-state index in [-0.39, 0.29) is 11.9 Å². The Labute approximate surface area is 168 Å². The molecule has 0 bridgehead atoms. The number of amides is 1. The van der Waals surface area contributed by atoms with Crippen LogP contribution in [0.25, 0.3) is 11.0 Å². The Morgan fingerprint density at radius 2 is 1.75 bits per heavy atom. The molecule has 0 fully saturated rings. The van der Waals surface area contributed by atoms with Crippen molar-refractivity contribution in [3.63, 3.8) is 0 Å². The lowest BCUT2D eigenvalue weighted by molar-refractivity contribution is -0.129. The standard InChI is InChI=1S/C24H31N3O/c1-5-6-16-27-21-15-11-10-14-19(21)25-22(27)20(26-23(28)24(2,3)4)17-18-12-8-7-9-13-18/h7-15,20H,5-6,16-17H2,1-4H3,(H,26,28). The minimum absolute atomic E-state index is 0.0440. The maximum atomic E-state index is 12.8. The lowest BCUT2D eigenvalue weighted by Crippen LogP contribution is -2.39. The zero-order valence-electron chi connectivity index (χ0n) is 17.4. The van der Waals surface area contributed by atoms with Crippen molar-refractivity contribution in [3.8, 4) is 0 Å². The number of unbranched alkanes of at least 4 members (excludes halogenated alkanes) is 1. The molecule has 0 aliphatic carbocycles. The van der Waals surface area contributed by atoms with Gasteiger partial charge in [0.25, 0.3) is 0 Å². The summed E-state index contributed by atoms with van der Waals surface area (Å²) >= 11 is 0. The van der Waals surface area contributed by atoms with Crippen molar-refractivity contribution >= 4 is 16.9 Å². The smallest absolute Gasteiger partial charge is 0.225 e. The van der Waals surface area contributed by atoms with Gasteiger partial charge in [0, 0.05) is 12.0 Å². The van der Waals surface area contributed by atoms with Crippen molar-refractivity contribution in [2.45, 2.75) is 59.5 Å². The number of carbonyl (C=O) groups excluding carboxylic acids is 1. The summed E-state index contributed by atoms with van der Waals surface area (Å²) in [4.78, 5) is 17.8. The zero-order valence-corrected chi connectivity index (χ0v) is 17.4. The van der Waals surface area contributed by atoms with E-state index >= 15 is 0 Å². The molecule has 1 N–H and O–H groups in total. The first-order chi connectivity index (χ1) is 13.4. The van der Waals surface area contributed by atoms with E-state index in [0.717, 1.165) is 42.7 Å². The number of nitrogens with one attached hydrogen (secondary N) is 1. The summed E-state index contributed by atoms with van der Waals surface area (Å²) in [6.45, 7) is 8.94. The molecule has 1 aromatic heterocycles. The molecule has 4 heteroatoms. The Morgan fingerprint density at radius 1 is 1.07 bits per heavy atom. The summed E-state index contributed by atoms with van der Waals surface area (Å²) in [6.07, 6.45) is 2.92. The first kappa shape index (κ1) is 20.1. The second-order valence-electron chi connectivity index (χ2n) is 8.43. The van der Waals surface area contributed by atoms with Crippen molar-refractivity contribution in [1.82, 2.24) is 14.9 Å². The highest BCUT2D eigenvalue weighted by Gasteiger charge is 2.28. The van der Waals surface area contributed by atoms with Gasteiger partial charge in [-0.25, -0.2) is 4.98 Å². The predicted octanol–water partition coefficient (Wildman–Crippen LogP) is 5.28. The molecule has 0 aliphatic rings. The molecule has 0 aliphatic heterocycles. The maximum Gasteiger partial charge on any atom is 0.225 e. The van der Waals surface area contributed by atoms with Gasteiger partial charge >= 0.3 is 0 Å². The van der Waals surface area contributed by atoms with E-state index < -0.39 is 5.41 Å². The van der Waals surface area contributed by atoms with Gasteiger partial charge in [-0.2, -0.15) is 0 Å². The molecular weight excluding hydrogens is 346 g/mol. The Morgan fingerprint density at radius 3 is 2.43 bits per heavy atom. The lowest BCUT2D eigenvalue weighted by Gasteiger charge is -2.25. The highest BCUT2D eigenvalue weighted by molar-refractivity contribution is 5.82. The van der Waals surface area contributed by atoms with Gasteiger partial charge in [-0.05, 0) is 30.5 Å². The molecular formula is C24H31N3O. The Hall–Kier alpha value is -2.62. The number of aryl methyl sites for hydroxylation is 1. The van der Waals surface area contributed by atoms with E-state index in [2.05, 4.69) is 41.1 Å². The average molecular weight is 378 g/mol. The van der Waals surface area contributed by atoms with Crippen LogP contribution in [0.15, 0.2) is 54.6 Å². The molecule has 2 aromatic carbocycles. The minimum atomic E-state index is -0.449. The summed E-state index contributed by atoms with van der Waals surface area (Å²) < 4.78 is 2.29. The summed E-state index contributed by atoms with van der Waals surface area (Å²) in [5.74, 6) is 0.985. The van der Waals surface area contributed by atoms with Crippen LogP contribution in [-0.4, -0.2) is 15.5 Å². The van der Waals surface area contributed by atoms with Gasteiger partial charge in [0.15, 0.2) is 0 Å². The van der Waals surface area contributed by atoms with Gasteiger partial charge in [0.05, 0.1) is 17.1 Å². The summed E-state index contributed by atoms with van der Waals surface area (Å²) in [5.41, 5.74) is 2.86. The SMILES string of the molecule is CCCCn1c(C(Cc2ccccc2)NC(=O)C(C)(C)C)nc2ccccc21. The molecule has 1 heterocycles. The first-order valence-electron chi connectivity index (χ1n) is 10.2. The first-order valence-corrected chi connectivity index (χ1v) is 10.2. The normalized spacial score (nSPS) is 12.9. The number of nitrogens with zero attached hydrogens (tertiary/aromatic N) is 2. The third-order valence-electron chi connectivity index (χ3n) is 5.00. The van der Waals surface area contributed by atoms with Crippen LogP contribution in [0.2, 0.25) is 0 Å². The van der Waals surface area contributed by atoms with E-state index in [1.165, 1.54) is 5.56 Å². The second kappa shape index (κ2) is 8.59. The third-order valence-corrected chi connectivity index (χ3v) is 5.00. The summed E-state index contributed by atoms with van der Waals surface area (Å²) in [5, 5.41) is 3.28. The number of fused-ring (bicyclic) bond motifs is 1. The minimum Gasteiger partial charge on any atom is -0.345 e. The summed E-state index contributed by atoms with van der Waals surface area (Å²) in [6, 6.07) is 18.4. The van der Waals surface area contributed by atoms with E-state index in [9.17, 15) is 4.79 Å². The van der Waals surface area contributed by atoms with Crippen LogP contribution >= 0.6 is 0 Å². The molecule has 0 saturated heterocycles. The van der Waals surface area contributed by atoms with Gasteiger partial charge in [-0.3, -0.25) is 4.79 Å². The molecule has 3 aromatic rings. The number of aromatic nitrogens is 2. The number of carbonyl (C=O) groups is 1. The van der Waals surface area contributed by atoms with E-state index in [1.54, 1.807) is 0 Å². The Bertz CT molecular complexity index is 922. The van der Waals surface area contributed by atoms with Crippen LogP contribution in [-0.2, 0) is 17.8 Å². The average Bonchev–Trinajstić information content (AvgIpc) is 3.04. The van der Waals surface area contributed by atoms with Crippen molar-refractivity contribution in [2.24, 2.45) is 5.41 Å². The van der Waals surface area contributed by atoms with Crippen LogP contribution in [0, 0.1) is 5.41 Å². The second-order valence-corrected chi connectivity index (χ2v) is 8.43. The molecule has 3 rings (SSSR count). The van der Waals surface area contributed by atoms with Crippen LogP contribution < -0.4 is 5.32 Å². The molecule has 0 spiro atoms. The Balaban J connectivity index is 2.04. The van der Waals surface area contributed by atoms with Crippen molar-refractivity contribution < 1.29 is 4.79 Å². The van der Waals surface area contributed by atoms with Crippen molar-refractivity contribution in [2.75, 3.05) is 0 Å². The quantitative estimate of drug-likeness (QED) is 0.609. The molecule has 1 atom stereocenters. The number of imidazole rings is 1. The fourth-order valence-electron chi connectivity index (χ4n) is 3.34. The maximum absolute atomic E-state index is 12.8. The van der Waals surface area contributed by atoms with E-state index in [0.29, 0.717) is 0 Å². The topological polar surface area (TPSA) is 46.9 Å². The molecule has 28 heavy (non-hydrogen) atoms. The number of hydrogen-bond acceptors (Lipinski definition) is 2. The molecule has 4 nitrogen and oxygen atoms in total. The van der Waals surface area contributed by atoms with Gasteiger partial charge in [-0.1, -0.05) is 76.6 Å². The van der Waals surface area contributed by atoms with E-state index in [1.807, 2.05) is 51.1 Å². The van der Waals surface area contributed by atoms with E-state index in [4.69, 9.17) is 4.98 Å². The highest BCUT2D eigenvalue weighted by atomic mass is 16.2. The zero-order chi connectivity index (χ0) is 20.1. The van der Waals surface area contributed by atoms with Crippen LogP contribution in [0.1, 0.15) is 58.0 Å². The molecule has 1 amide bonds. The van der Waals surface area contributed by atoms with Crippen molar-refractivity contribution in [3.05, 3.63) is 66.0 Å². The Kier molecular flexibility index (Phi) is 6.18. The fraction of sp³-hybridized carbons (Fsp3) is 0.417. The number of benzene rings is 2. The fourth-order valence-corrected chi connectivity index (χ4v) is 3.34. The van der Waals surface area contributed by atoms with Crippen molar-refractivity contribution in [1.29, 1.82) is 0 Å². The highest BCUT2D eigenvalue weighted by Crippen LogP contribution is 2.26. The summed E-state index contributed by atoms with van der Waals surface area (Å²) in [7, 11) is 0. The van der Waals surface area contributed by atoms with Gasteiger partial charge in [0.1, 0.15) is 5.82 Å². The lowest BCUT2D eigenvalue weighted by atomic mass is 9.94. The van der Waals surface area contributed by atoms with Crippen LogP contribution in [0.5, 0.6) is 0 Å². The van der Waals surface area contributed by atoms with Gasteiger partial charge in [-0.15, -0.1) is 0 Å². The molecule has 1 unspecified atom stereocenters. The monoisotopic (exact) mass is 377 g/mol. The molecule has 0 saturated carbocycles. The molecule has 0 radical (unpaired) electrons. The number of hydrogen-bond donors (Lipinski definition) is 1. The van der Waals surface area contributed by atoms with Gasteiger partial charge in [0.2, 0.25) is 5.91 Å². The third kappa shape index (κ3) is 4.61. The molecule has 148 valence electrons. The largest absolute Gasteiger partial charge is 0.345 e.